The zero-order valence-electron chi connectivity index (χ0n) is 39.1. The molecule has 0 aromatic heterocycles. The molecule has 14 nitrogen and oxygen atoms in total. The standard InChI is InChI=1S/C53H68N2O12/c1-4-24-55(52(59)63-30-29-61-36-37-15-7-6-8-16-37)48-34-45(54-67-49-19-11-14-28-62-49)43-32-38(17-9-12-25-56)42(18-10-13-26-57)50-44-33-41(65-40-20-22-46(60-3)39(31-40)35-58)21-23-47(44)66-53(48,51(43)50)64-27-5-2/h5-8,15-16,20-23,31-33,35,38,42,48-51,56-57H,2,4,9-14,17-19,24-30,34,36H2,1,3H3/t38-,42+,48-,49?,50+,51+,53+/m0/s1. The Balaban J connectivity index is 1.35. The molecule has 2 fully saturated rings. The third kappa shape index (κ3) is 11.9. The van der Waals surface area contributed by atoms with Crippen molar-refractivity contribution < 1.29 is 57.8 Å². The number of aliphatic hydroxyl groups is 2. The number of nitrogens with zero attached hydrogens (tertiary/aromatic N) is 2. The minimum absolute atomic E-state index is 0.00203. The zero-order valence-corrected chi connectivity index (χ0v) is 39.1. The summed E-state index contributed by atoms with van der Waals surface area (Å²) in [5.41, 5.74) is 3.86. The van der Waals surface area contributed by atoms with Gasteiger partial charge in [0.1, 0.15) is 35.6 Å². The molecule has 2 heterocycles. The van der Waals surface area contributed by atoms with E-state index in [-0.39, 0.29) is 57.2 Å². The van der Waals surface area contributed by atoms with Crippen molar-refractivity contribution in [2.45, 2.75) is 108 Å². The Kier molecular flexibility index (Phi) is 18.3. The minimum atomic E-state index is -1.46. The van der Waals surface area contributed by atoms with Gasteiger partial charge in [0.15, 0.2) is 6.29 Å². The lowest BCUT2D eigenvalue weighted by atomic mass is 9.55. The first kappa shape index (κ1) is 49.6. The maximum absolute atomic E-state index is 14.6. The van der Waals surface area contributed by atoms with Gasteiger partial charge >= 0.3 is 6.09 Å². The Bertz CT molecular complexity index is 2140. The van der Waals surface area contributed by atoms with Gasteiger partial charge in [-0.1, -0.05) is 67.4 Å². The molecule has 362 valence electrons. The van der Waals surface area contributed by atoms with Crippen molar-refractivity contribution in [2.24, 2.45) is 22.9 Å². The van der Waals surface area contributed by atoms with Crippen LogP contribution in [0.3, 0.4) is 0 Å². The second kappa shape index (κ2) is 24.7. The molecule has 2 N–H and O–H groups in total. The van der Waals surface area contributed by atoms with Crippen LogP contribution in [0.25, 0.3) is 0 Å². The fourth-order valence-electron chi connectivity index (χ4n) is 10.3. The zero-order chi connectivity index (χ0) is 47.0. The van der Waals surface area contributed by atoms with Crippen molar-refractivity contribution >= 4 is 18.1 Å². The number of ether oxygens (including phenoxy) is 7. The van der Waals surface area contributed by atoms with E-state index in [2.05, 4.69) is 12.7 Å². The molecular weight excluding hydrogens is 857 g/mol. The Labute approximate surface area is 394 Å². The molecule has 4 aliphatic rings. The predicted molar refractivity (Wildman–Crippen MR) is 253 cm³/mol. The summed E-state index contributed by atoms with van der Waals surface area (Å²) < 4.78 is 44.3. The summed E-state index contributed by atoms with van der Waals surface area (Å²) in [6, 6.07) is 19.9. The normalized spacial score (nSPS) is 24.6. The van der Waals surface area contributed by atoms with E-state index in [0.29, 0.717) is 79.7 Å². The molecular formula is C53H68N2O12. The second-order valence-corrected chi connectivity index (χ2v) is 17.6. The molecule has 1 amide bonds. The van der Waals surface area contributed by atoms with Crippen LogP contribution in [-0.4, -0.2) is 105 Å². The van der Waals surface area contributed by atoms with Gasteiger partial charge in [0.25, 0.3) is 0 Å². The smallest absolute Gasteiger partial charge is 0.410 e. The second-order valence-electron chi connectivity index (χ2n) is 17.6. The van der Waals surface area contributed by atoms with Gasteiger partial charge in [0.05, 0.1) is 50.7 Å². The Morgan fingerprint density at radius 3 is 2.51 bits per heavy atom. The first-order valence-corrected chi connectivity index (χ1v) is 24.1. The van der Waals surface area contributed by atoms with Crippen LogP contribution in [0.5, 0.6) is 23.0 Å². The lowest BCUT2D eigenvalue weighted by Gasteiger charge is -2.60. The summed E-state index contributed by atoms with van der Waals surface area (Å²) in [6.45, 7) is 7.89. The summed E-state index contributed by atoms with van der Waals surface area (Å²) in [7, 11) is 1.52. The van der Waals surface area contributed by atoms with Gasteiger partial charge in [-0.05, 0) is 104 Å². The summed E-state index contributed by atoms with van der Waals surface area (Å²) >= 11 is 0. The van der Waals surface area contributed by atoms with Gasteiger partial charge in [-0.2, -0.15) is 0 Å². The van der Waals surface area contributed by atoms with Crippen LogP contribution in [0.2, 0.25) is 0 Å². The van der Waals surface area contributed by atoms with Crippen molar-refractivity contribution in [1.82, 2.24) is 4.90 Å². The summed E-state index contributed by atoms with van der Waals surface area (Å²) in [6.07, 6.45) is 11.6. The molecule has 0 radical (unpaired) electrons. The van der Waals surface area contributed by atoms with Gasteiger partial charge in [-0.25, -0.2) is 4.79 Å². The highest BCUT2D eigenvalue weighted by Crippen LogP contribution is 2.62. The Morgan fingerprint density at radius 1 is 0.985 bits per heavy atom. The van der Waals surface area contributed by atoms with Gasteiger partial charge in [0, 0.05) is 44.1 Å². The number of methoxy groups -OCH3 is 1. The maximum atomic E-state index is 14.6. The molecule has 7 atom stereocenters. The molecule has 2 aliphatic carbocycles. The van der Waals surface area contributed by atoms with E-state index in [1.807, 2.05) is 55.5 Å². The van der Waals surface area contributed by atoms with Crippen LogP contribution in [0.1, 0.15) is 105 Å². The molecule has 2 aliphatic heterocycles. The molecule has 1 unspecified atom stereocenters. The third-order valence-corrected chi connectivity index (χ3v) is 13.3. The Morgan fingerprint density at radius 2 is 1.78 bits per heavy atom. The number of carbonyl (C=O) groups is 2. The van der Waals surface area contributed by atoms with Crippen LogP contribution in [0.15, 0.2) is 96.2 Å². The largest absolute Gasteiger partial charge is 0.496 e. The van der Waals surface area contributed by atoms with Crippen molar-refractivity contribution in [1.29, 1.82) is 0 Å². The fourth-order valence-corrected chi connectivity index (χ4v) is 10.3. The number of fused-ring (bicyclic) bond motifs is 2. The number of benzene rings is 3. The fraction of sp³-hybridized carbons (Fsp3) is 0.528. The highest BCUT2D eigenvalue weighted by Gasteiger charge is 2.65. The number of amides is 1. The van der Waals surface area contributed by atoms with Crippen LogP contribution in [0, 0.1) is 17.8 Å². The highest BCUT2D eigenvalue weighted by molar-refractivity contribution is 6.03. The van der Waals surface area contributed by atoms with Gasteiger partial charge < -0.3 is 48.2 Å². The number of hydrogen-bond donors (Lipinski definition) is 2. The molecule has 1 saturated heterocycles. The average Bonchev–Trinajstić information content (AvgIpc) is 3.36. The summed E-state index contributed by atoms with van der Waals surface area (Å²) in [5.74, 6) is -0.205. The van der Waals surface area contributed by atoms with Crippen LogP contribution in [-0.2, 0) is 30.4 Å². The van der Waals surface area contributed by atoms with Crippen molar-refractivity contribution in [3.63, 3.8) is 0 Å². The molecule has 0 spiro atoms. The van der Waals surface area contributed by atoms with E-state index < -0.39 is 30.1 Å². The molecule has 3 aromatic carbocycles. The monoisotopic (exact) mass is 924 g/mol. The van der Waals surface area contributed by atoms with Crippen LogP contribution in [0.4, 0.5) is 4.79 Å². The number of oxime groups is 1. The first-order chi connectivity index (χ1) is 32.9. The highest BCUT2D eigenvalue weighted by atomic mass is 16.8. The number of aldehydes is 1. The predicted octanol–water partition coefficient (Wildman–Crippen LogP) is 9.53. The maximum Gasteiger partial charge on any atom is 0.410 e. The number of carbonyl (C=O) groups excluding carboxylic acids is 2. The first-order valence-electron chi connectivity index (χ1n) is 24.1. The van der Waals surface area contributed by atoms with E-state index >= 15 is 0 Å². The van der Waals surface area contributed by atoms with E-state index in [1.54, 1.807) is 29.2 Å². The van der Waals surface area contributed by atoms with Crippen LogP contribution < -0.4 is 14.2 Å². The van der Waals surface area contributed by atoms with Crippen molar-refractivity contribution in [3.8, 4) is 23.0 Å². The molecule has 7 rings (SSSR count). The number of aliphatic hydroxyl groups excluding tert-OH is 2. The van der Waals surface area contributed by atoms with Crippen molar-refractivity contribution in [3.05, 3.63) is 108 Å². The van der Waals surface area contributed by atoms with Gasteiger partial charge in [-0.15, -0.1) is 6.58 Å². The quantitative estimate of drug-likeness (QED) is 0.0359. The lowest BCUT2D eigenvalue weighted by Crippen LogP contribution is -2.70. The average molecular weight is 925 g/mol. The lowest BCUT2D eigenvalue weighted by molar-refractivity contribution is -0.255. The van der Waals surface area contributed by atoms with E-state index in [4.69, 9.17) is 43.2 Å². The number of unbranched alkanes of at least 4 members (excludes halogenated alkanes) is 2. The number of hydrogen-bond acceptors (Lipinski definition) is 13. The molecule has 67 heavy (non-hydrogen) atoms. The van der Waals surface area contributed by atoms with Crippen LogP contribution >= 0.6 is 0 Å². The van der Waals surface area contributed by atoms with E-state index in [0.717, 1.165) is 61.5 Å². The van der Waals surface area contributed by atoms with Gasteiger partial charge in [-0.3, -0.25) is 9.69 Å². The minimum Gasteiger partial charge on any atom is -0.496 e. The molecule has 0 bridgehead atoms. The number of allylic oxidation sites excluding steroid dienone is 1. The summed E-state index contributed by atoms with van der Waals surface area (Å²) in [5, 5.41) is 24.9. The summed E-state index contributed by atoms with van der Waals surface area (Å²) in [4.78, 5) is 34.6. The topological polar surface area (TPSA) is 164 Å². The van der Waals surface area contributed by atoms with E-state index in [1.165, 1.54) is 7.11 Å². The Hall–Kier alpha value is -5.25. The third-order valence-electron chi connectivity index (χ3n) is 13.3. The van der Waals surface area contributed by atoms with Gasteiger partial charge in [0.2, 0.25) is 12.1 Å². The number of rotatable bonds is 25. The SMILES string of the molecule is C=CCO[C@@]12Oc3ccc(Oc4ccc(OC)c(C=O)c4)cc3[C@H]3[C@H](CCCCO)[C@@H](CCCCO)C=C(C(=NOC4CCCCO4)C[C@@H]1N(CCC)C(=O)OCCOCc1ccccc1)[C@H]32. The van der Waals surface area contributed by atoms with E-state index in [9.17, 15) is 19.8 Å². The molecule has 14 heteroatoms. The van der Waals surface area contributed by atoms with Crippen molar-refractivity contribution in [2.75, 3.05) is 53.3 Å². The molecule has 1 saturated carbocycles. The molecule has 3 aromatic rings.